The van der Waals surface area contributed by atoms with E-state index in [2.05, 4.69) is 32.3 Å². The minimum atomic E-state index is 0.958. The Hall–Kier alpha value is -1.23. The van der Waals surface area contributed by atoms with E-state index in [1.54, 1.807) is 0 Å². The summed E-state index contributed by atoms with van der Waals surface area (Å²) in [6.45, 7) is 6.21. The van der Waals surface area contributed by atoms with E-state index >= 15 is 0 Å². The summed E-state index contributed by atoms with van der Waals surface area (Å²) in [7, 11) is 0. The van der Waals surface area contributed by atoms with Gasteiger partial charge in [-0.2, -0.15) is 5.10 Å². The number of rotatable bonds is 3. The third-order valence-corrected chi connectivity index (χ3v) is 2.57. The number of anilines is 1. The minimum absolute atomic E-state index is 0.958. The summed E-state index contributed by atoms with van der Waals surface area (Å²) in [5, 5.41) is 11.4. The Balaban J connectivity index is 2.17. The molecule has 1 aliphatic heterocycles. The highest BCUT2D eigenvalue weighted by Gasteiger charge is 2.15. The first-order chi connectivity index (χ1) is 7.42. The van der Waals surface area contributed by atoms with Crippen LogP contribution in [-0.2, 0) is 6.42 Å². The number of piperazine rings is 1. The second kappa shape index (κ2) is 5.02. The molecule has 1 aliphatic rings. The van der Waals surface area contributed by atoms with Crippen molar-refractivity contribution in [3.8, 4) is 0 Å². The molecule has 0 saturated carbocycles. The van der Waals surface area contributed by atoms with Crippen LogP contribution in [0.3, 0.4) is 0 Å². The number of nitrogens with one attached hydrogen (secondary N) is 1. The summed E-state index contributed by atoms with van der Waals surface area (Å²) in [4.78, 5) is 6.63. The van der Waals surface area contributed by atoms with Crippen LogP contribution < -0.4 is 10.2 Å². The van der Waals surface area contributed by atoms with Gasteiger partial charge in [0.2, 0.25) is 0 Å². The molecule has 1 aromatic rings. The number of nitrogens with zero attached hydrogens (tertiary/aromatic N) is 4. The Morgan fingerprint density at radius 2 is 2.20 bits per heavy atom. The van der Waals surface area contributed by atoms with Crippen LogP contribution in [-0.4, -0.2) is 41.4 Å². The molecule has 0 amide bonds. The summed E-state index contributed by atoms with van der Waals surface area (Å²) in [5.74, 6) is 1.02. The van der Waals surface area contributed by atoms with Gasteiger partial charge in [0.1, 0.15) is 12.0 Å². The van der Waals surface area contributed by atoms with E-state index in [0.29, 0.717) is 0 Å². The van der Waals surface area contributed by atoms with Crippen LogP contribution in [0.25, 0.3) is 0 Å². The monoisotopic (exact) mass is 207 g/mol. The standard InChI is InChI=1S/C10H17N5/c1-2-3-9-10(12-8-13-14-9)15-6-4-11-5-7-15/h8,11H,2-7H2,1H3. The zero-order chi connectivity index (χ0) is 10.5. The lowest BCUT2D eigenvalue weighted by Crippen LogP contribution is -2.44. The van der Waals surface area contributed by atoms with Crippen LogP contribution in [0, 0.1) is 0 Å². The van der Waals surface area contributed by atoms with Gasteiger partial charge in [-0.3, -0.25) is 0 Å². The van der Waals surface area contributed by atoms with Gasteiger partial charge >= 0.3 is 0 Å². The molecule has 1 saturated heterocycles. The molecule has 0 atom stereocenters. The lowest BCUT2D eigenvalue weighted by molar-refractivity contribution is 0.579. The van der Waals surface area contributed by atoms with Gasteiger partial charge in [0.15, 0.2) is 5.82 Å². The number of aryl methyl sites for hydroxylation is 1. The molecule has 1 aromatic heterocycles. The van der Waals surface area contributed by atoms with Crippen LogP contribution in [0.15, 0.2) is 6.33 Å². The summed E-state index contributed by atoms with van der Waals surface area (Å²) in [6.07, 6.45) is 3.58. The second-order valence-corrected chi connectivity index (χ2v) is 3.72. The lowest BCUT2D eigenvalue weighted by Gasteiger charge is -2.29. The average Bonchev–Trinajstić information content (AvgIpc) is 2.31. The van der Waals surface area contributed by atoms with Gasteiger partial charge in [-0.15, -0.1) is 5.10 Å². The van der Waals surface area contributed by atoms with Crippen LogP contribution in [0.4, 0.5) is 5.82 Å². The van der Waals surface area contributed by atoms with Crippen molar-refractivity contribution in [2.75, 3.05) is 31.1 Å². The van der Waals surface area contributed by atoms with Gasteiger partial charge in [-0.05, 0) is 6.42 Å². The molecular weight excluding hydrogens is 190 g/mol. The first-order valence-electron chi connectivity index (χ1n) is 5.54. The van der Waals surface area contributed by atoms with Gasteiger partial charge in [0.05, 0.1) is 0 Å². The van der Waals surface area contributed by atoms with Gasteiger partial charge in [-0.25, -0.2) is 4.98 Å². The maximum Gasteiger partial charge on any atom is 0.154 e. The van der Waals surface area contributed by atoms with Crippen molar-refractivity contribution in [3.05, 3.63) is 12.0 Å². The van der Waals surface area contributed by atoms with E-state index in [1.807, 2.05) is 0 Å². The Bertz CT molecular complexity index is 308. The molecule has 0 unspecified atom stereocenters. The summed E-state index contributed by atoms with van der Waals surface area (Å²) in [6, 6.07) is 0. The third kappa shape index (κ3) is 2.41. The van der Waals surface area contributed by atoms with Crippen LogP contribution >= 0.6 is 0 Å². The van der Waals surface area contributed by atoms with E-state index < -0.39 is 0 Å². The molecule has 2 rings (SSSR count). The molecule has 5 nitrogen and oxygen atoms in total. The SMILES string of the molecule is CCCc1nncnc1N1CCNCC1. The van der Waals surface area contributed by atoms with E-state index in [0.717, 1.165) is 50.5 Å². The molecule has 15 heavy (non-hydrogen) atoms. The minimum Gasteiger partial charge on any atom is -0.352 e. The molecule has 5 heteroatoms. The molecule has 0 bridgehead atoms. The van der Waals surface area contributed by atoms with Crippen molar-refractivity contribution >= 4 is 5.82 Å². The smallest absolute Gasteiger partial charge is 0.154 e. The Labute approximate surface area is 89.9 Å². The van der Waals surface area contributed by atoms with Gasteiger partial charge in [-0.1, -0.05) is 13.3 Å². The average molecular weight is 207 g/mol. The van der Waals surface area contributed by atoms with Crippen LogP contribution in [0.1, 0.15) is 19.0 Å². The molecule has 1 fully saturated rings. The van der Waals surface area contributed by atoms with Crippen molar-refractivity contribution in [1.29, 1.82) is 0 Å². The fraction of sp³-hybridized carbons (Fsp3) is 0.700. The lowest BCUT2D eigenvalue weighted by atomic mass is 10.2. The number of hydrogen-bond donors (Lipinski definition) is 1. The van der Waals surface area contributed by atoms with Crippen molar-refractivity contribution < 1.29 is 0 Å². The molecule has 0 aromatic carbocycles. The van der Waals surface area contributed by atoms with E-state index in [-0.39, 0.29) is 0 Å². The zero-order valence-corrected chi connectivity index (χ0v) is 9.11. The highest BCUT2D eigenvalue weighted by Crippen LogP contribution is 2.15. The molecule has 0 aliphatic carbocycles. The maximum absolute atomic E-state index is 4.35. The molecule has 2 heterocycles. The normalized spacial score (nSPS) is 16.7. The predicted octanol–water partition coefficient (Wildman–Crippen LogP) is 0.234. The topological polar surface area (TPSA) is 53.9 Å². The van der Waals surface area contributed by atoms with Crippen LogP contribution in [0.2, 0.25) is 0 Å². The number of hydrogen-bond acceptors (Lipinski definition) is 5. The Morgan fingerprint density at radius 3 is 2.93 bits per heavy atom. The Morgan fingerprint density at radius 1 is 1.40 bits per heavy atom. The molecule has 1 N–H and O–H groups in total. The first kappa shape index (κ1) is 10.3. The molecule has 82 valence electrons. The number of aromatic nitrogens is 3. The fourth-order valence-electron chi connectivity index (χ4n) is 1.83. The predicted molar refractivity (Wildman–Crippen MR) is 58.9 cm³/mol. The third-order valence-electron chi connectivity index (χ3n) is 2.57. The summed E-state index contributed by atoms with van der Waals surface area (Å²) < 4.78 is 0. The fourth-order valence-corrected chi connectivity index (χ4v) is 1.83. The summed E-state index contributed by atoms with van der Waals surface area (Å²) in [5.41, 5.74) is 1.03. The highest BCUT2D eigenvalue weighted by molar-refractivity contribution is 5.42. The Kier molecular flexibility index (Phi) is 3.45. The van der Waals surface area contributed by atoms with E-state index in [1.165, 1.54) is 6.33 Å². The van der Waals surface area contributed by atoms with Gasteiger partial charge in [0.25, 0.3) is 0 Å². The zero-order valence-electron chi connectivity index (χ0n) is 9.11. The maximum atomic E-state index is 4.35. The molecular formula is C10H17N5. The van der Waals surface area contributed by atoms with Crippen molar-refractivity contribution in [3.63, 3.8) is 0 Å². The first-order valence-corrected chi connectivity index (χ1v) is 5.54. The molecule has 0 radical (unpaired) electrons. The van der Waals surface area contributed by atoms with Crippen molar-refractivity contribution in [1.82, 2.24) is 20.5 Å². The summed E-state index contributed by atoms with van der Waals surface area (Å²) >= 11 is 0. The largest absolute Gasteiger partial charge is 0.352 e. The van der Waals surface area contributed by atoms with E-state index in [4.69, 9.17) is 0 Å². The highest BCUT2D eigenvalue weighted by atomic mass is 15.3. The quantitative estimate of drug-likeness (QED) is 0.769. The van der Waals surface area contributed by atoms with Crippen molar-refractivity contribution in [2.24, 2.45) is 0 Å². The van der Waals surface area contributed by atoms with E-state index in [9.17, 15) is 0 Å². The van der Waals surface area contributed by atoms with Crippen molar-refractivity contribution in [2.45, 2.75) is 19.8 Å². The second-order valence-electron chi connectivity index (χ2n) is 3.72. The van der Waals surface area contributed by atoms with Crippen LogP contribution in [0.5, 0.6) is 0 Å². The van der Waals surface area contributed by atoms with Gasteiger partial charge < -0.3 is 10.2 Å². The van der Waals surface area contributed by atoms with Gasteiger partial charge in [0, 0.05) is 26.2 Å². The molecule has 0 spiro atoms.